The Labute approximate surface area is 174 Å². The number of rotatable bonds is 5. The Kier molecular flexibility index (Phi) is 5.26. The van der Waals surface area contributed by atoms with Crippen molar-refractivity contribution in [3.05, 3.63) is 78.0 Å². The van der Waals surface area contributed by atoms with Gasteiger partial charge in [-0.2, -0.15) is 0 Å². The van der Waals surface area contributed by atoms with Crippen molar-refractivity contribution in [1.82, 2.24) is 15.2 Å². The lowest BCUT2D eigenvalue weighted by Gasteiger charge is -2.17. The predicted octanol–water partition coefficient (Wildman–Crippen LogP) is 4.39. The van der Waals surface area contributed by atoms with Crippen LogP contribution in [0.25, 0.3) is 22.9 Å². The smallest absolute Gasteiger partial charge is 0.258 e. The van der Waals surface area contributed by atoms with Crippen molar-refractivity contribution in [3.63, 3.8) is 0 Å². The number of aromatic nitrogens is 3. The Morgan fingerprint density at radius 3 is 2.37 bits per heavy atom. The number of anilines is 1. The highest BCUT2D eigenvalue weighted by molar-refractivity contribution is 6.05. The zero-order chi connectivity index (χ0) is 21.1. The predicted molar refractivity (Wildman–Crippen MR) is 113 cm³/mol. The van der Waals surface area contributed by atoms with Crippen LogP contribution in [0.5, 0.6) is 5.88 Å². The molecule has 2 aromatic carbocycles. The van der Waals surface area contributed by atoms with Gasteiger partial charge in [-0.25, -0.2) is 4.98 Å². The number of hydrogen-bond donors (Lipinski definition) is 0. The van der Waals surface area contributed by atoms with Crippen molar-refractivity contribution in [2.24, 2.45) is 0 Å². The minimum Gasteiger partial charge on any atom is -0.481 e. The van der Waals surface area contributed by atoms with E-state index in [1.165, 1.54) is 4.90 Å². The number of aryl methyl sites for hydroxylation is 1. The monoisotopic (exact) mass is 400 g/mol. The first-order valence-corrected chi connectivity index (χ1v) is 9.35. The molecule has 0 N–H and O–H groups in total. The third-order valence-corrected chi connectivity index (χ3v) is 4.80. The summed E-state index contributed by atoms with van der Waals surface area (Å²) in [4.78, 5) is 18.5. The van der Waals surface area contributed by atoms with E-state index >= 15 is 0 Å². The molecule has 0 aliphatic heterocycles. The van der Waals surface area contributed by atoms with Gasteiger partial charge < -0.3 is 14.1 Å². The first-order valence-electron chi connectivity index (χ1n) is 9.35. The van der Waals surface area contributed by atoms with Gasteiger partial charge in [-0.3, -0.25) is 4.79 Å². The highest BCUT2D eigenvalue weighted by Crippen LogP contribution is 2.26. The molecule has 0 atom stereocenters. The van der Waals surface area contributed by atoms with E-state index in [2.05, 4.69) is 15.2 Å². The van der Waals surface area contributed by atoms with Crippen molar-refractivity contribution in [1.29, 1.82) is 0 Å². The van der Waals surface area contributed by atoms with Gasteiger partial charge in [0, 0.05) is 29.8 Å². The summed E-state index contributed by atoms with van der Waals surface area (Å²) in [6, 6.07) is 18.4. The van der Waals surface area contributed by atoms with Crippen LogP contribution in [0.1, 0.15) is 15.9 Å². The number of hydrogen-bond acceptors (Lipinski definition) is 6. The van der Waals surface area contributed by atoms with E-state index in [9.17, 15) is 4.79 Å². The van der Waals surface area contributed by atoms with Gasteiger partial charge in [0.1, 0.15) is 0 Å². The Balaban J connectivity index is 1.53. The summed E-state index contributed by atoms with van der Waals surface area (Å²) < 4.78 is 10.9. The number of carbonyl (C=O) groups excluding carboxylic acids is 1. The number of benzene rings is 2. The second kappa shape index (κ2) is 8.16. The quantitative estimate of drug-likeness (QED) is 0.494. The maximum absolute atomic E-state index is 12.8. The Morgan fingerprint density at radius 2 is 1.70 bits per heavy atom. The molecular formula is C23H20N4O3. The molecule has 0 unspecified atom stereocenters. The van der Waals surface area contributed by atoms with Gasteiger partial charge in [-0.05, 0) is 48.9 Å². The van der Waals surface area contributed by atoms with Crippen LogP contribution in [0, 0.1) is 6.92 Å². The Morgan fingerprint density at radius 1 is 0.967 bits per heavy atom. The van der Waals surface area contributed by atoms with E-state index in [1.54, 1.807) is 56.8 Å². The number of ether oxygens (including phenoxy) is 1. The SMILES string of the molecule is COc1ccc(N(C)C(=O)c2ccc(-c3nnc(-c4ccccc4C)o3)cc2)cn1. The van der Waals surface area contributed by atoms with E-state index in [0.717, 1.165) is 16.7 Å². The average molecular weight is 400 g/mol. The zero-order valence-electron chi connectivity index (χ0n) is 16.9. The minimum atomic E-state index is -0.153. The third kappa shape index (κ3) is 3.77. The van der Waals surface area contributed by atoms with Crippen molar-refractivity contribution in [2.45, 2.75) is 6.92 Å². The van der Waals surface area contributed by atoms with Crippen LogP contribution in [-0.4, -0.2) is 35.2 Å². The van der Waals surface area contributed by atoms with Crippen LogP contribution in [0.4, 0.5) is 5.69 Å². The lowest BCUT2D eigenvalue weighted by Crippen LogP contribution is -2.26. The fourth-order valence-electron chi connectivity index (χ4n) is 3.02. The summed E-state index contributed by atoms with van der Waals surface area (Å²) in [5.74, 6) is 1.21. The molecule has 7 nitrogen and oxygen atoms in total. The number of amides is 1. The van der Waals surface area contributed by atoms with Gasteiger partial charge in [0.05, 0.1) is 19.0 Å². The molecule has 4 rings (SSSR count). The summed E-state index contributed by atoms with van der Waals surface area (Å²) in [5.41, 5.74) is 3.91. The molecule has 2 heterocycles. The first kappa shape index (κ1) is 19.3. The lowest BCUT2D eigenvalue weighted by molar-refractivity contribution is 0.0993. The topological polar surface area (TPSA) is 81.4 Å². The minimum absolute atomic E-state index is 0.153. The number of methoxy groups -OCH3 is 1. The second-order valence-corrected chi connectivity index (χ2v) is 6.73. The molecule has 1 amide bonds. The average Bonchev–Trinajstić information content (AvgIpc) is 3.28. The maximum Gasteiger partial charge on any atom is 0.258 e. The standard InChI is InChI=1S/C23H20N4O3/c1-15-6-4-5-7-19(15)22-26-25-21(30-22)16-8-10-17(11-9-16)23(28)27(2)18-12-13-20(29-3)24-14-18/h4-14H,1-3H3. The van der Waals surface area contributed by atoms with Crippen LogP contribution >= 0.6 is 0 Å². The van der Waals surface area contributed by atoms with Crippen molar-refractivity contribution < 1.29 is 13.9 Å². The van der Waals surface area contributed by atoms with E-state index in [1.807, 2.05) is 31.2 Å². The first-order chi connectivity index (χ1) is 14.6. The normalized spacial score (nSPS) is 10.6. The van der Waals surface area contributed by atoms with Gasteiger partial charge >= 0.3 is 0 Å². The fourth-order valence-corrected chi connectivity index (χ4v) is 3.02. The van der Waals surface area contributed by atoms with Crippen molar-refractivity contribution >= 4 is 11.6 Å². The third-order valence-electron chi connectivity index (χ3n) is 4.80. The molecule has 2 aromatic heterocycles. The van der Waals surface area contributed by atoms with Crippen molar-refractivity contribution in [2.75, 3.05) is 19.1 Å². The zero-order valence-corrected chi connectivity index (χ0v) is 16.9. The van der Waals surface area contributed by atoms with Crippen LogP contribution in [0.15, 0.2) is 71.3 Å². The summed E-state index contributed by atoms with van der Waals surface area (Å²) in [6.45, 7) is 1.99. The van der Waals surface area contributed by atoms with Crippen LogP contribution in [0.3, 0.4) is 0 Å². The Bertz CT molecular complexity index is 1170. The molecule has 0 fully saturated rings. The van der Waals surface area contributed by atoms with E-state index in [0.29, 0.717) is 28.9 Å². The number of carbonyl (C=O) groups is 1. The largest absolute Gasteiger partial charge is 0.481 e. The second-order valence-electron chi connectivity index (χ2n) is 6.73. The molecule has 30 heavy (non-hydrogen) atoms. The molecule has 0 bridgehead atoms. The van der Waals surface area contributed by atoms with Gasteiger partial charge in [-0.1, -0.05) is 18.2 Å². The van der Waals surface area contributed by atoms with E-state index < -0.39 is 0 Å². The van der Waals surface area contributed by atoms with E-state index in [-0.39, 0.29) is 5.91 Å². The number of pyridine rings is 1. The molecule has 0 spiro atoms. The molecule has 0 radical (unpaired) electrons. The molecule has 0 saturated carbocycles. The van der Waals surface area contributed by atoms with Crippen LogP contribution in [-0.2, 0) is 0 Å². The highest BCUT2D eigenvalue weighted by Gasteiger charge is 2.16. The highest BCUT2D eigenvalue weighted by atomic mass is 16.5. The van der Waals surface area contributed by atoms with Gasteiger partial charge in [-0.15, -0.1) is 10.2 Å². The lowest BCUT2D eigenvalue weighted by atomic mass is 10.1. The molecule has 150 valence electrons. The molecule has 0 aliphatic carbocycles. The van der Waals surface area contributed by atoms with E-state index in [4.69, 9.17) is 9.15 Å². The summed E-state index contributed by atoms with van der Waals surface area (Å²) in [6.07, 6.45) is 1.59. The number of nitrogens with zero attached hydrogens (tertiary/aromatic N) is 4. The maximum atomic E-state index is 12.8. The summed E-state index contributed by atoms with van der Waals surface area (Å²) >= 11 is 0. The van der Waals surface area contributed by atoms with Gasteiger partial charge in [0.2, 0.25) is 17.7 Å². The fraction of sp³-hybridized carbons (Fsp3) is 0.130. The van der Waals surface area contributed by atoms with Crippen molar-refractivity contribution in [3.8, 4) is 28.8 Å². The molecule has 0 saturated heterocycles. The molecule has 7 heteroatoms. The summed E-state index contributed by atoms with van der Waals surface area (Å²) in [7, 11) is 3.25. The van der Waals surface area contributed by atoms with Crippen LogP contribution in [0.2, 0.25) is 0 Å². The molecule has 0 aliphatic rings. The van der Waals surface area contributed by atoms with Gasteiger partial charge in [0.25, 0.3) is 5.91 Å². The van der Waals surface area contributed by atoms with Crippen LogP contribution < -0.4 is 9.64 Å². The Hall–Kier alpha value is -4.00. The molecule has 4 aromatic rings. The summed E-state index contributed by atoms with van der Waals surface area (Å²) in [5, 5.41) is 8.30. The van der Waals surface area contributed by atoms with Gasteiger partial charge in [0.15, 0.2) is 0 Å². The molecular weight excluding hydrogens is 380 g/mol.